The number of nitrogens with zero attached hydrogens (tertiary/aromatic N) is 1. The second-order valence-electron chi connectivity index (χ2n) is 6.73. The van der Waals surface area contributed by atoms with E-state index in [1.807, 2.05) is 37.3 Å². The van der Waals surface area contributed by atoms with E-state index < -0.39 is 10.0 Å². The zero-order chi connectivity index (χ0) is 19.4. The molecule has 0 aliphatic carbocycles. The van der Waals surface area contributed by atoms with E-state index in [9.17, 15) is 13.2 Å². The lowest BCUT2D eigenvalue weighted by Crippen LogP contribution is -2.34. The van der Waals surface area contributed by atoms with Crippen molar-refractivity contribution in [2.75, 3.05) is 23.7 Å². The molecule has 2 aromatic carbocycles. The van der Waals surface area contributed by atoms with E-state index >= 15 is 0 Å². The predicted octanol–water partition coefficient (Wildman–Crippen LogP) is 2.60. The molecule has 0 saturated carbocycles. The SMILES string of the molecule is CC1Cc2cc(C(=O)NCCCOc3ccccc3)ccc2N1S(C)(=O)=O. The zero-order valence-electron chi connectivity index (χ0n) is 15.5. The van der Waals surface area contributed by atoms with Gasteiger partial charge in [-0.3, -0.25) is 9.10 Å². The van der Waals surface area contributed by atoms with E-state index in [2.05, 4.69) is 5.32 Å². The lowest BCUT2D eigenvalue weighted by atomic mass is 10.1. The number of nitrogens with one attached hydrogen (secondary N) is 1. The van der Waals surface area contributed by atoms with Gasteiger partial charge in [-0.05, 0) is 55.7 Å². The molecule has 0 spiro atoms. The number of fused-ring (bicyclic) bond motifs is 1. The first-order chi connectivity index (χ1) is 12.9. The Kier molecular flexibility index (Phi) is 5.70. The molecule has 0 aromatic heterocycles. The summed E-state index contributed by atoms with van der Waals surface area (Å²) in [5.74, 6) is 0.648. The number of carbonyl (C=O) groups excluding carboxylic acids is 1. The quantitative estimate of drug-likeness (QED) is 0.740. The molecule has 1 atom stereocenters. The number of anilines is 1. The van der Waals surface area contributed by atoms with Crippen LogP contribution in [-0.2, 0) is 16.4 Å². The first-order valence-corrected chi connectivity index (χ1v) is 10.8. The fourth-order valence-electron chi connectivity index (χ4n) is 3.33. The van der Waals surface area contributed by atoms with Crippen molar-refractivity contribution in [2.45, 2.75) is 25.8 Å². The van der Waals surface area contributed by atoms with Crippen LogP contribution in [0, 0.1) is 0 Å². The minimum absolute atomic E-state index is 0.136. The Labute approximate surface area is 160 Å². The summed E-state index contributed by atoms with van der Waals surface area (Å²) < 4.78 is 30.9. The summed E-state index contributed by atoms with van der Waals surface area (Å²) in [5.41, 5.74) is 2.09. The summed E-state index contributed by atoms with van der Waals surface area (Å²) >= 11 is 0. The molecule has 0 radical (unpaired) electrons. The Bertz CT molecular complexity index is 913. The molecule has 7 heteroatoms. The van der Waals surface area contributed by atoms with E-state index in [0.29, 0.717) is 37.2 Å². The maximum Gasteiger partial charge on any atom is 0.251 e. The molecule has 144 valence electrons. The molecule has 3 rings (SSSR count). The highest BCUT2D eigenvalue weighted by Crippen LogP contribution is 2.34. The van der Waals surface area contributed by atoms with Crippen molar-refractivity contribution in [2.24, 2.45) is 0 Å². The van der Waals surface area contributed by atoms with Crippen LogP contribution in [-0.4, -0.2) is 39.8 Å². The summed E-state index contributed by atoms with van der Waals surface area (Å²) in [4.78, 5) is 12.4. The van der Waals surface area contributed by atoms with Gasteiger partial charge in [0.05, 0.1) is 18.6 Å². The van der Waals surface area contributed by atoms with Crippen molar-refractivity contribution in [3.8, 4) is 5.75 Å². The maximum atomic E-state index is 12.4. The van der Waals surface area contributed by atoms with Crippen LogP contribution in [0.15, 0.2) is 48.5 Å². The van der Waals surface area contributed by atoms with Crippen molar-refractivity contribution >= 4 is 21.6 Å². The molecule has 0 saturated heterocycles. The number of hydrogen-bond donors (Lipinski definition) is 1. The van der Waals surface area contributed by atoms with Gasteiger partial charge in [-0.25, -0.2) is 8.42 Å². The number of hydrogen-bond acceptors (Lipinski definition) is 4. The smallest absolute Gasteiger partial charge is 0.251 e. The number of sulfonamides is 1. The maximum absolute atomic E-state index is 12.4. The largest absolute Gasteiger partial charge is 0.494 e. The molecule has 1 amide bonds. The van der Waals surface area contributed by atoms with E-state index in [-0.39, 0.29) is 11.9 Å². The topological polar surface area (TPSA) is 75.7 Å². The van der Waals surface area contributed by atoms with Crippen LogP contribution in [0.3, 0.4) is 0 Å². The van der Waals surface area contributed by atoms with E-state index in [1.54, 1.807) is 18.2 Å². The van der Waals surface area contributed by atoms with Crippen molar-refractivity contribution in [3.63, 3.8) is 0 Å². The lowest BCUT2D eigenvalue weighted by molar-refractivity contribution is 0.0951. The van der Waals surface area contributed by atoms with Crippen LogP contribution in [0.1, 0.15) is 29.3 Å². The Morgan fingerprint density at radius 3 is 2.67 bits per heavy atom. The minimum Gasteiger partial charge on any atom is -0.494 e. The van der Waals surface area contributed by atoms with Crippen molar-refractivity contribution in [1.82, 2.24) is 5.32 Å². The number of carbonyl (C=O) groups is 1. The van der Waals surface area contributed by atoms with E-state index in [1.165, 1.54) is 10.6 Å². The number of benzene rings is 2. The molecule has 2 aromatic rings. The average molecular weight is 388 g/mol. The second kappa shape index (κ2) is 8.00. The van der Waals surface area contributed by atoms with Crippen LogP contribution in [0.25, 0.3) is 0 Å². The molecule has 1 N–H and O–H groups in total. The van der Waals surface area contributed by atoms with Crippen molar-refractivity contribution < 1.29 is 17.9 Å². The minimum atomic E-state index is -3.32. The number of para-hydroxylation sites is 1. The van der Waals surface area contributed by atoms with Crippen LogP contribution in [0.2, 0.25) is 0 Å². The first-order valence-electron chi connectivity index (χ1n) is 8.94. The van der Waals surface area contributed by atoms with E-state index in [0.717, 1.165) is 11.3 Å². The first kappa shape index (κ1) is 19.2. The third-order valence-corrected chi connectivity index (χ3v) is 5.74. The fourth-order valence-corrected chi connectivity index (χ4v) is 4.60. The van der Waals surface area contributed by atoms with E-state index in [4.69, 9.17) is 4.74 Å². The molecule has 6 nitrogen and oxygen atoms in total. The molecule has 27 heavy (non-hydrogen) atoms. The van der Waals surface area contributed by atoms with Gasteiger partial charge < -0.3 is 10.1 Å². The molecule has 1 aliphatic heterocycles. The Balaban J connectivity index is 1.53. The van der Waals surface area contributed by atoms with Gasteiger partial charge in [0.25, 0.3) is 5.91 Å². The molecule has 1 unspecified atom stereocenters. The molecular formula is C20H24N2O4S. The van der Waals surface area contributed by atoms with Gasteiger partial charge in [0.1, 0.15) is 5.75 Å². The van der Waals surface area contributed by atoms with Gasteiger partial charge in [-0.15, -0.1) is 0 Å². The van der Waals surface area contributed by atoms with Gasteiger partial charge in [-0.2, -0.15) is 0 Å². The lowest BCUT2D eigenvalue weighted by Gasteiger charge is -2.21. The monoisotopic (exact) mass is 388 g/mol. The number of amides is 1. The summed E-state index contributed by atoms with van der Waals surface area (Å²) in [7, 11) is -3.32. The van der Waals surface area contributed by atoms with Crippen LogP contribution >= 0.6 is 0 Å². The Morgan fingerprint density at radius 2 is 1.96 bits per heavy atom. The highest BCUT2D eigenvalue weighted by molar-refractivity contribution is 7.92. The van der Waals surface area contributed by atoms with Gasteiger partial charge >= 0.3 is 0 Å². The molecule has 0 bridgehead atoms. The van der Waals surface area contributed by atoms with Gasteiger partial charge in [-0.1, -0.05) is 18.2 Å². The second-order valence-corrected chi connectivity index (χ2v) is 8.59. The molecule has 1 aliphatic rings. The highest BCUT2D eigenvalue weighted by atomic mass is 32.2. The number of ether oxygens (including phenoxy) is 1. The summed E-state index contributed by atoms with van der Waals surface area (Å²) in [6.45, 7) is 2.90. The highest BCUT2D eigenvalue weighted by Gasteiger charge is 2.32. The molecule has 1 heterocycles. The van der Waals surface area contributed by atoms with Gasteiger partial charge in [0.15, 0.2) is 0 Å². The third kappa shape index (κ3) is 4.60. The van der Waals surface area contributed by atoms with Gasteiger partial charge in [0.2, 0.25) is 10.0 Å². The molecule has 0 fully saturated rings. The Morgan fingerprint density at radius 1 is 1.22 bits per heavy atom. The van der Waals surface area contributed by atoms with Crippen molar-refractivity contribution in [1.29, 1.82) is 0 Å². The predicted molar refractivity (Wildman–Crippen MR) is 106 cm³/mol. The van der Waals surface area contributed by atoms with Crippen LogP contribution < -0.4 is 14.4 Å². The summed E-state index contributed by atoms with van der Waals surface area (Å²) in [5, 5.41) is 2.88. The van der Waals surface area contributed by atoms with Crippen LogP contribution in [0.4, 0.5) is 5.69 Å². The normalized spacial score (nSPS) is 16.1. The van der Waals surface area contributed by atoms with Crippen LogP contribution in [0.5, 0.6) is 5.75 Å². The standard InChI is InChI=1S/C20H24N2O4S/c1-15-13-17-14-16(9-10-19(17)22(15)27(2,24)25)20(23)21-11-6-12-26-18-7-4-3-5-8-18/h3-5,7-10,14-15H,6,11-13H2,1-2H3,(H,21,23). The third-order valence-electron chi connectivity index (χ3n) is 4.47. The average Bonchev–Trinajstić information content (AvgIpc) is 2.97. The van der Waals surface area contributed by atoms with Gasteiger partial charge in [0, 0.05) is 18.2 Å². The summed E-state index contributed by atoms with van der Waals surface area (Å²) in [6.07, 6.45) is 2.51. The molecular weight excluding hydrogens is 364 g/mol. The Hall–Kier alpha value is -2.54. The van der Waals surface area contributed by atoms with Crippen molar-refractivity contribution in [3.05, 3.63) is 59.7 Å². The zero-order valence-corrected chi connectivity index (χ0v) is 16.3. The number of rotatable bonds is 7. The fraction of sp³-hybridized carbons (Fsp3) is 0.350. The summed E-state index contributed by atoms with van der Waals surface area (Å²) in [6, 6.07) is 14.6.